The molecule has 1 aliphatic rings. The highest BCUT2D eigenvalue weighted by Crippen LogP contribution is 2.19. The number of hydrogen-bond donors (Lipinski definition) is 1. The number of aromatic nitrogens is 2. The number of nitrogens with one attached hydrogen (secondary N) is 1. The Labute approximate surface area is 114 Å². The van der Waals surface area contributed by atoms with Crippen molar-refractivity contribution in [1.29, 1.82) is 0 Å². The van der Waals surface area contributed by atoms with Gasteiger partial charge < -0.3 is 9.64 Å². The summed E-state index contributed by atoms with van der Waals surface area (Å²) >= 11 is 0. The van der Waals surface area contributed by atoms with E-state index in [-0.39, 0.29) is 12.0 Å². The van der Waals surface area contributed by atoms with Gasteiger partial charge in [0.05, 0.1) is 17.4 Å². The SMILES string of the molecule is CCCOC1CCCN(C(=O)c2c(C)n[nH]c2C)C1. The minimum absolute atomic E-state index is 0.0774. The molecule has 0 radical (unpaired) electrons. The molecule has 1 atom stereocenters. The van der Waals surface area contributed by atoms with Crippen LogP contribution in [-0.2, 0) is 4.74 Å². The second-order valence-electron chi connectivity index (χ2n) is 5.20. The first-order valence-electron chi connectivity index (χ1n) is 7.06. The molecular weight excluding hydrogens is 242 g/mol. The number of aryl methyl sites for hydroxylation is 2. The number of carbonyl (C=O) groups excluding carboxylic acids is 1. The summed E-state index contributed by atoms with van der Waals surface area (Å²) in [5.74, 6) is 0.0774. The van der Waals surface area contributed by atoms with E-state index < -0.39 is 0 Å². The van der Waals surface area contributed by atoms with Crippen LogP contribution in [0.4, 0.5) is 0 Å². The lowest BCUT2D eigenvalue weighted by molar-refractivity contribution is 0.00206. The van der Waals surface area contributed by atoms with Crippen LogP contribution in [0.15, 0.2) is 0 Å². The molecule has 5 heteroatoms. The van der Waals surface area contributed by atoms with E-state index in [0.29, 0.717) is 6.54 Å². The van der Waals surface area contributed by atoms with Gasteiger partial charge in [-0.2, -0.15) is 5.10 Å². The smallest absolute Gasteiger partial charge is 0.257 e. The molecule has 0 spiro atoms. The fraction of sp³-hybridized carbons (Fsp3) is 0.714. The fourth-order valence-electron chi connectivity index (χ4n) is 2.57. The van der Waals surface area contributed by atoms with Crippen LogP contribution in [0.3, 0.4) is 0 Å². The summed E-state index contributed by atoms with van der Waals surface area (Å²) in [6.45, 7) is 8.15. The molecule has 1 saturated heterocycles. The maximum absolute atomic E-state index is 12.5. The summed E-state index contributed by atoms with van der Waals surface area (Å²) < 4.78 is 5.77. The molecule has 0 saturated carbocycles. The first kappa shape index (κ1) is 14.1. The molecule has 0 bridgehead atoms. The van der Waals surface area contributed by atoms with Gasteiger partial charge >= 0.3 is 0 Å². The lowest BCUT2D eigenvalue weighted by atomic mass is 10.1. The third kappa shape index (κ3) is 3.15. The van der Waals surface area contributed by atoms with E-state index in [0.717, 1.165) is 49.4 Å². The number of hydrogen-bond acceptors (Lipinski definition) is 3. The number of carbonyl (C=O) groups is 1. The van der Waals surface area contributed by atoms with E-state index in [4.69, 9.17) is 4.74 Å². The van der Waals surface area contributed by atoms with Gasteiger partial charge in [-0.1, -0.05) is 6.92 Å². The molecule has 19 heavy (non-hydrogen) atoms. The Bertz CT molecular complexity index is 422. The number of amides is 1. The highest BCUT2D eigenvalue weighted by molar-refractivity contribution is 5.96. The maximum Gasteiger partial charge on any atom is 0.257 e. The van der Waals surface area contributed by atoms with E-state index in [1.165, 1.54) is 0 Å². The maximum atomic E-state index is 12.5. The van der Waals surface area contributed by atoms with E-state index in [9.17, 15) is 4.79 Å². The van der Waals surface area contributed by atoms with Gasteiger partial charge in [0, 0.05) is 25.4 Å². The van der Waals surface area contributed by atoms with Crippen molar-refractivity contribution in [2.45, 2.75) is 46.1 Å². The Balaban J connectivity index is 2.03. The van der Waals surface area contributed by atoms with E-state index in [2.05, 4.69) is 17.1 Å². The third-order valence-electron chi connectivity index (χ3n) is 3.57. The van der Waals surface area contributed by atoms with Crippen molar-refractivity contribution in [1.82, 2.24) is 15.1 Å². The van der Waals surface area contributed by atoms with Gasteiger partial charge in [-0.15, -0.1) is 0 Å². The predicted octanol–water partition coefficient (Wildman–Crippen LogP) is 2.06. The second kappa shape index (κ2) is 6.19. The zero-order valence-corrected chi connectivity index (χ0v) is 12.0. The topological polar surface area (TPSA) is 58.2 Å². The van der Waals surface area contributed by atoms with Crippen molar-refractivity contribution in [3.63, 3.8) is 0 Å². The number of piperidine rings is 1. The molecule has 2 heterocycles. The molecule has 1 unspecified atom stereocenters. The zero-order valence-electron chi connectivity index (χ0n) is 12.0. The van der Waals surface area contributed by atoms with Crippen LogP contribution in [0.25, 0.3) is 0 Å². The summed E-state index contributed by atoms with van der Waals surface area (Å²) in [7, 11) is 0. The summed E-state index contributed by atoms with van der Waals surface area (Å²) in [5.41, 5.74) is 2.34. The quantitative estimate of drug-likeness (QED) is 0.906. The van der Waals surface area contributed by atoms with Crippen molar-refractivity contribution in [2.75, 3.05) is 19.7 Å². The molecular formula is C14H23N3O2. The average molecular weight is 265 g/mol. The van der Waals surface area contributed by atoms with Crippen LogP contribution in [0.1, 0.15) is 47.9 Å². The van der Waals surface area contributed by atoms with Crippen LogP contribution >= 0.6 is 0 Å². The third-order valence-corrected chi connectivity index (χ3v) is 3.57. The highest BCUT2D eigenvalue weighted by atomic mass is 16.5. The molecule has 5 nitrogen and oxygen atoms in total. The van der Waals surface area contributed by atoms with Crippen molar-refractivity contribution in [2.24, 2.45) is 0 Å². The summed E-state index contributed by atoms with van der Waals surface area (Å²) in [6, 6.07) is 0. The van der Waals surface area contributed by atoms with Gasteiger partial charge in [0.15, 0.2) is 0 Å². The molecule has 106 valence electrons. The van der Waals surface area contributed by atoms with E-state index in [1.807, 2.05) is 18.7 Å². The van der Waals surface area contributed by atoms with Crippen molar-refractivity contribution >= 4 is 5.91 Å². The van der Waals surface area contributed by atoms with Gasteiger partial charge in [0.2, 0.25) is 0 Å². The molecule has 1 N–H and O–H groups in total. The first-order valence-corrected chi connectivity index (χ1v) is 7.06. The molecule has 1 aromatic rings. The standard InChI is InChI=1S/C14H23N3O2/c1-4-8-19-12-6-5-7-17(9-12)14(18)13-10(2)15-16-11(13)3/h12H,4-9H2,1-3H3,(H,15,16). The molecule has 1 aliphatic heterocycles. The largest absolute Gasteiger partial charge is 0.376 e. The van der Waals surface area contributed by atoms with E-state index >= 15 is 0 Å². The zero-order chi connectivity index (χ0) is 13.8. The van der Waals surface area contributed by atoms with Gasteiger partial charge in [-0.05, 0) is 33.1 Å². The van der Waals surface area contributed by atoms with Crippen LogP contribution in [0.5, 0.6) is 0 Å². The van der Waals surface area contributed by atoms with Gasteiger partial charge in [-0.25, -0.2) is 0 Å². The van der Waals surface area contributed by atoms with Crippen molar-refractivity contribution < 1.29 is 9.53 Å². The highest BCUT2D eigenvalue weighted by Gasteiger charge is 2.27. The Morgan fingerprint density at radius 1 is 1.53 bits per heavy atom. The molecule has 0 aromatic carbocycles. The summed E-state index contributed by atoms with van der Waals surface area (Å²) in [5, 5.41) is 6.97. The Hall–Kier alpha value is -1.36. The number of rotatable bonds is 4. The lowest BCUT2D eigenvalue weighted by Gasteiger charge is -2.32. The van der Waals surface area contributed by atoms with E-state index in [1.54, 1.807) is 0 Å². The monoisotopic (exact) mass is 265 g/mol. The normalized spacial score (nSPS) is 19.7. The Morgan fingerprint density at radius 2 is 2.32 bits per heavy atom. The van der Waals surface area contributed by atoms with Crippen LogP contribution in [0.2, 0.25) is 0 Å². The first-order chi connectivity index (χ1) is 9.13. The summed E-state index contributed by atoms with van der Waals surface area (Å²) in [4.78, 5) is 14.4. The number of likely N-dealkylation sites (tertiary alicyclic amines) is 1. The van der Waals surface area contributed by atoms with Gasteiger partial charge in [0.1, 0.15) is 0 Å². The minimum Gasteiger partial charge on any atom is -0.376 e. The molecule has 2 rings (SSSR count). The number of H-pyrrole nitrogens is 1. The lowest BCUT2D eigenvalue weighted by Crippen LogP contribution is -2.43. The van der Waals surface area contributed by atoms with Crippen molar-refractivity contribution in [3.05, 3.63) is 17.0 Å². The molecule has 1 fully saturated rings. The molecule has 0 aliphatic carbocycles. The minimum atomic E-state index is 0.0774. The number of ether oxygens (including phenoxy) is 1. The summed E-state index contributed by atoms with van der Waals surface area (Å²) in [6.07, 6.45) is 3.26. The number of nitrogens with zero attached hydrogens (tertiary/aromatic N) is 2. The van der Waals surface area contributed by atoms with Gasteiger partial charge in [0.25, 0.3) is 5.91 Å². The van der Waals surface area contributed by atoms with Gasteiger partial charge in [-0.3, -0.25) is 9.89 Å². The van der Waals surface area contributed by atoms with Crippen LogP contribution in [0, 0.1) is 13.8 Å². The molecule has 1 aromatic heterocycles. The second-order valence-corrected chi connectivity index (χ2v) is 5.20. The predicted molar refractivity (Wildman–Crippen MR) is 73.2 cm³/mol. The average Bonchev–Trinajstić information content (AvgIpc) is 2.75. The molecule has 1 amide bonds. The Kier molecular flexibility index (Phi) is 4.58. The number of aromatic amines is 1. The fourth-order valence-corrected chi connectivity index (χ4v) is 2.57. The van der Waals surface area contributed by atoms with Crippen molar-refractivity contribution in [3.8, 4) is 0 Å². The van der Waals surface area contributed by atoms with Crippen LogP contribution < -0.4 is 0 Å². The Morgan fingerprint density at radius 3 is 2.95 bits per heavy atom. The van der Waals surface area contributed by atoms with Crippen LogP contribution in [-0.4, -0.2) is 46.8 Å².